The van der Waals surface area contributed by atoms with Crippen LogP contribution >= 0.6 is 24.5 Å². The van der Waals surface area contributed by atoms with Crippen molar-refractivity contribution >= 4 is 24.5 Å². The van der Waals surface area contributed by atoms with E-state index in [1.807, 2.05) is 0 Å². The third-order valence-electron chi connectivity index (χ3n) is 4.17. The first-order chi connectivity index (χ1) is 7.55. The zero-order chi connectivity index (χ0) is 13.5. The Morgan fingerprint density at radius 1 is 0.882 bits per heavy atom. The molecule has 0 aromatic heterocycles. The molecule has 0 unspecified atom stereocenters. The van der Waals surface area contributed by atoms with E-state index < -0.39 is 19.7 Å². The Morgan fingerprint density at radius 3 is 1.47 bits per heavy atom. The van der Waals surface area contributed by atoms with Crippen molar-refractivity contribution in [3.63, 3.8) is 0 Å². The van der Waals surface area contributed by atoms with Crippen molar-refractivity contribution in [2.75, 3.05) is 0 Å². The van der Waals surface area contributed by atoms with Gasteiger partial charge in [0.25, 0.3) is 0 Å². The number of hydrogen-bond donors (Lipinski definition) is 0. The Bertz CT molecular complexity index is 246. The Hall–Kier alpha value is 1.67. The van der Waals surface area contributed by atoms with Crippen LogP contribution in [0, 0.1) is 0 Å². The van der Waals surface area contributed by atoms with E-state index in [0.717, 1.165) is 5.66 Å². The van der Waals surface area contributed by atoms with Gasteiger partial charge in [0.15, 0.2) is 0 Å². The average molecular weight is 393 g/mol. The summed E-state index contributed by atoms with van der Waals surface area (Å²) in [5, 5.41) is 0.620. The molecule has 0 saturated heterocycles. The molecular weight excluding hydrogens is 364 g/mol. The maximum absolute atomic E-state index is 6.69. The van der Waals surface area contributed by atoms with E-state index >= 15 is 0 Å². The third kappa shape index (κ3) is 2.90. The Morgan fingerprint density at radius 2 is 1.24 bits per heavy atom. The summed E-state index contributed by atoms with van der Waals surface area (Å²) in [7, 11) is 13.4. The van der Waals surface area contributed by atoms with Gasteiger partial charge in [-0.15, -0.1) is 0 Å². The van der Waals surface area contributed by atoms with Crippen LogP contribution in [0.4, 0.5) is 0 Å². The first-order valence-corrected chi connectivity index (χ1v) is 14.7. The van der Waals surface area contributed by atoms with Crippen molar-refractivity contribution < 1.29 is 14.2 Å². The number of halogens is 2. The molecule has 1 aliphatic carbocycles. The van der Waals surface area contributed by atoms with Gasteiger partial charge in [-0.1, -0.05) is 0 Å². The summed E-state index contributed by atoms with van der Waals surface area (Å²) >= 11 is -1.40. The van der Waals surface area contributed by atoms with Gasteiger partial charge < -0.3 is 0 Å². The van der Waals surface area contributed by atoms with Gasteiger partial charge in [0.1, 0.15) is 0 Å². The molecule has 1 saturated carbocycles. The SMILES string of the molecule is CC(C)(C)[PH](C1CCCC1)([Pd]([Cl])[Cl])C(C)(C)C. The molecule has 17 heavy (non-hydrogen) atoms. The summed E-state index contributed by atoms with van der Waals surface area (Å²) in [5.74, 6) is 0. The van der Waals surface area contributed by atoms with Crippen LogP contribution in [0.3, 0.4) is 0 Å². The molecule has 1 fully saturated rings. The minimum absolute atomic E-state index is 0.310. The molecule has 109 valence electrons. The fraction of sp³-hybridized carbons (Fsp3) is 1.00. The molecule has 0 aromatic rings. The second-order valence-corrected chi connectivity index (χ2v) is 24.7. The molecule has 0 spiro atoms. The van der Waals surface area contributed by atoms with Gasteiger partial charge in [-0.2, -0.15) is 0 Å². The van der Waals surface area contributed by atoms with Crippen LogP contribution in [0.15, 0.2) is 0 Å². The zero-order valence-corrected chi connectivity index (χ0v) is 16.0. The summed E-state index contributed by atoms with van der Waals surface area (Å²) in [6.07, 6.45) is 5.52. The van der Waals surface area contributed by atoms with E-state index in [4.69, 9.17) is 19.1 Å². The van der Waals surface area contributed by atoms with Gasteiger partial charge in [-0.25, -0.2) is 0 Å². The predicted octanol–water partition coefficient (Wildman–Crippen LogP) is 6.12. The fourth-order valence-electron chi connectivity index (χ4n) is 4.11. The first-order valence-electron chi connectivity index (χ1n) is 6.50. The van der Waals surface area contributed by atoms with E-state index in [-0.39, 0.29) is 0 Å². The fourth-order valence-corrected chi connectivity index (χ4v) is 35.2. The van der Waals surface area contributed by atoms with Gasteiger partial charge in [0.05, 0.1) is 0 Å². The predicted molar refractivity (Wildman–Crippen MR) is 81.8 cm³/mol. The van der Waals surface area contributed by atoms with Crippen LogP contribution in [-0.2, 0) is 14.2 Å². The van der Waals surface area contributed by atoms with Crippen LogP contribution in [-0.4, -0.2) is 16.0 Å². The minimum atomic E-state index is -1.70. The van der Waals surface area contributed by atoms with Gasteiger partial charge in [-0.3, -0.25) is 0 Å². The van der Waals surface area contributed by atoms with Crippen LogP contribution in [0.5, 0.6) is 0 Å². The Balaban J connectivity index is 3.31. The van der Waals surface area contributed by atoms with E-state index in [0.29, 0.717) is 10.3 Å². The molecule has 0 N–H and O–H groups in total. The second kappa shape index (κ2) is 5.58. The van der Waals surface area contributed by atoms with E-state index in [2.05, 4.69) is 41.5 Å². The van der Waals surface area contributed by atoms with Crippen molar-refractivity contribution in [1.29, 1.82) is 0 Å². The van der Waals surface area contributed by atoms with Crippen molar-refractivity contribution in [2.45, 2.75) is 83.2 Å². The van der Waals surface area contributed by atoms with E-state index in [1.54, 1.807) is 0 Å². The number of hydrogen-bond acceptors (Lipinski definition) is 0. The van der Waals surface area contributed by atoms with E-state index in [9.17, 15) is 0 Å². The molecule has 0 amide bonds. The van der Waals surface area contributed by atoms with Gasteiger partial charge >= 0.3 is 122 Å². The number of rotatable bonds is 2. The molecule has 0 aliphatic heterocycles. The quantitative estimate of drug-likeness (QED) is 0.392. The molecule has 0 heterocycles. The standard InChI is InChI=1S/C13H27P.2ClH.Pd/c1-12(2,3)14(13(4,5)6)11-9-7-8-10-11;;;/h11H,7-10H2,1-6H3;2*1H;/q;;;+1/p-1. The van der Waals surface area contributed by atoms with Gasteiger partial charge in [-0.05, 0) is 0 Å². The molecule has 1 aliphatic rings. The van der Waals surface area contributed by atoms with Crippen LogP contribution in [0.2, 0.25) is 0 Å². The Labute approximate surface area is 121 Å². The van der Waals surface area contributed by atoms with Gasteiger partial charge in [0, 0.05) is 0 Å². The monoisotopic (exact) mass is 391 g/mol. The average Bonchev–Trinajstić information content (AvgIpc) is 2.50. The molecule has 1 rings (SSSR count). The first kappa shape index (κ1) is 16.7. The summed E-state index contributed by atoms with van der Waals surface area (Å²) in [4.78, 5) is 0. The summed E-state index contributed by atoms with van der Waals surface area (Å²) in [6.45, 7) is 14.3. The maximum atomic E-state index is 6.69. The molecule has 0 nitrogen and oxygen atoms in total. The normalized spacial score (nSPS) is 21.8. The second-order valence-electron chi connectivity index (χ2n) is 7.31. The van der Waals surface area contributed by atoms with Crippen LogP contribution < -0.4 is 0 Å². The Kier molecular flexibility index (Phi) is 5.49. The van der Waals surface area contributed by atoms with Crippen LogP contribution in [0.25, 0.3) is 0 Å². The van der Waals surface area contributed by atoms with Crippen molar-refractivity contribution in [3.05, 3.63) is 0 Å². The topological polar surface area (TPSA) is 0 Å². The summed E-state index contributed by atoms with van der Waals surface area (Å²) in [6, 6.07) is 0. The van der Waals surface area contributed by atoms with E-state index in [1.165, 1.54) is 25.7 Å². The molecule has 0 atom stereocenters. The van der Waals surface area contributed by atoms with Crippen LogP contribution in [0.1, 0.15) is 67.2 Å². The third-order valence-corrected chi connectivity index (χ3v) is 28.8. The zero-order valence-electron chi connectivity index (χ0n) is 12.0. The van der Waals surface area contributed by atoms with Crippen molar-refractivity contribution in [3.8, 4) is 0 Å². The summed E-state index contributed by atoms with van der Waals surface area (Å²) < 4.78 is 0. The molecular formula is C13H28Cl2PPd. The van der Waals surface area contributed by atoms with Crippen molar-refractivity contribution in [2.24, 2.45) is 0 Å². The van der Waals surface area contributed by atoms with Gasteiger partial charge in [0.2, 0.25) is 0 Å². The summed E-state index contributed by atoms with van der Waals surface area (Å²) in [5.41, 5.74) is -0.850. The molecule has 0 bridgehead atoms. The molecule has 0 aromatic carbocycles. The molecule has 0 radical (unpaired) electrons. The molecule has 4 heteroatoms. The van der Waals surface area contributed by atoms with Crippen molar-refractivity contribution in [1.82, 2.24) is 0 Å².